The minimum Gasteiger partial charge on any atom is -0.480 e. The molecule has 1 heterocycles. The van der Waals surface area contributed by atoms with Crippen molar-refractivity contribution in [2.45, 2.75) is 25.3 Å². The molecule has 1 aromatic rings. The number of aliphatic carboxylic acids is 1. The van der Waals surface area contributed by atoms with Gasteiger partial charge in [0.1, 0.15) is 11.9 Å². The van der Waals surface area contributed by atoms with Crippen molar-refractivity contribution in [2.75, 3.05) is 6.54 Å². The quantitative estimate of drug-likeness (QED) is 0.838. The van der Waals surface area contributed by atoms with Crippen molar-refractivity contribution < 1.29 is 19.1 Å². The van der Waals surface area contributed by atoms with E-state index < -0.39 is 23.7 Å². The lowest BCUT2D eigenvalue weighted by molar-refractivity contribution is -0.143. The van der Waals surface area contributed by atoms with Crippen LogP contribution in [0.4, 0.5) is 4.39 Å². The molecule has 1 unspecified atom stereocenters. The smallest absolute Gasteiger partial charge is 0.326 e. The van der Waals surface area contributed by atoms with E-state index in [1.54, 1.807) is 0 Å². The summed E-state index contributed by atoms with van der Waals surface area (Å²) in [5, 5.41) is 9.14. The lowest BCUT2D eigenvalue weighted by atomic mass is 10.0. The zero-order valence-electron chi connectivity index (χ0n) is 10.8. The van der Waals surface area contributed by atoms with Crippen LogP contribution in [0.1, 0.15) is 35.2 Å². The number of hydrogen-bond donors (Lipinski definition) is 1. The molecule has 0 radical (unpaired) electrons. The van der Waals surface area contributed by atoms with E-state index in [1.165, 1.54) is 17.0 Å². The Hall–Kier alpha value is -2.35. The average Bonchev–Trinajstić information content (AvgIpc) is 2.46. The minimum atomic E-state index is -1.06. The van der Waals surface area contributed by atoms with Crippen molar-refractivity contribution in [1.82, 2.24) is 4.90 Å². The van der Waals surface area contributed by atoms with Crippen LogP contribution in [0.3, 0.4) is 0 Å². The van der Waals surface area contributed by atoms with Gasteiger partial charge < -0.3 is 10.0 Å². The predicted molar refractivity (Wildman–Crippen MR) is 70.6 cm³/mol. The third-order valence-corrected chi connectivity index (χ3v) is 3.41. The Bertz CT molecular complexity index is 591. The number of halogens is 1. The number of piperidine rings is 1. The van der Waals surface area contributed by atoms with Gasteiger partial charge in [-0.3, -0.25) is 4.79 Å². The summed E-state index contributed by atoms with van der Waals surface area (Å²) >= 11 is 0. The molecule has 1 fully saturated rings. The van der Waals surface area contributed by atoms with Gasteiger partial charge >= 0.3 is 5.97 Å². The molecule has 104 valence electrons. The normalized spacial score (nSPS) is 18.4. The van der Waals surface area contributed by atoms with E-state index in [-0.39, 0.29) is 5.56 Å². The molecule has 4 nitrogen and oxygen atoms in total. The Morgan fingerprint density at radius 3 is 2.75 bits per heavy atom. The zero-order chi connectivity index (χ0) is 14.7. The highest BCUT2D eigenvalue weighted by Gasteiger charge is 2.33. The molecule has 5 heteroatoms. The fraction of sp³-hybridized carbons (Fsp3) is 0.333. The minimum absolute atomic E-state index is 0.142. The Kier molecular flexibility index (Phi) is 4.04. The summed E-state index contributed by atoms with van der Waals surface area (Å²) in [5.41, 5.74) is 0.199. The molecule has 0 aromatic heterocycles. The summed E-state index contributed by atoms with van der Waals surface area (Å²) in [6.07, 6.45) is 7.02. The van der Waals surface area contributed by atoms with Crippen LogP contribution in [0.15, 0.2) is 18.2 Å². The van der Waals surface area contributed by atoms with E-state index in [0.29, 0.717) is 18.5 Å². The standard InChI is InChI=1S/C15H14FNO3/c1-2-10-6-7-11(12(16)9-10)14(18)17-8-4-3-5-13(17)15(19)20/h1,6-7,9,13H,3-5,8H2,(H,19,20). The van der Waals surface area contributed by atoms with Crippen molar-refractivity contribution in [3.8, 4) is 12.3 Å². The number of nitrogens with zero attached hydrogens (tertiary/aromatic N) is 1. The van der Waals surface area contributed by atoms with E-state index in [2.05, 4.69) is 5.92 Å². The lowest BCUT2D eigenvalue weighted by Gasteiger charge is -2.33. The van der Waals surface area contributed by atoms with E-state index in [9.17, 15) is 14.0 Å². The molecular formula is C15H14FNO3. The number of amides is 1. The first kappa shape index (κ1) is 14.1. The summed E-state index contributed by atoms with van der Waals surface area (Å²) in [5.74, 6) is -0.0963. The second-order valence-corrected chi connectivity index (χ2v) is 4.69. The predicted octanol–water partition coefficient (Wildman–Crippen LogP) is 1.89. The van der Waals surface area contributed by atoms with Crippen molar-refractivity contribution >= 4 is 11.9 Å². The first-order valence-corrected chi connectivity index (χ1v) is 6.34. The Morgan fingerprint density at radius 1 is 1.40 bits per heavy atom. The number of likely N-dealkylation sites (tertiary alicyclic amines) is 1. The van der Waals surface area contributed by atoms with Crippen LogP contribution in [-0.4, -0.2) is 34.5 Å². The van der Waals surface area contributed by atoms with Crippen LogP contribution >= 0.6 is 0 Å². The molecule has 1 aliphatic heterocycles. The van der Waals surface area contributed by atoms with Gasteiger partial charge in [0.25, 0.3) is 5.91 Å². The number of carbonyl (C=O) groups excluding carboxylic acids is 1. The highest BCUT2D eigenvalue weighted by atomic mass is 19.1. The van der Waals surface area contributed by atoms with Gasteiger partial charge in [0, 0.05) is 12.1 Å². The molecule has 0 saturated carbocycles. The third kappa shape index (κ3) is 2.64. The number of hydrogen-bond acceptors (Lipinski definition) is 2. The molecule has 1 N–H and O–H groups in total. The maximum atomic E-state index is 13.9. The molecule has 1 atom stereocenters. The van der Waals surface area contributed by atoms with E-state index in [1.807, 2.05) is 0 Å². The summed E-state index contributed by atoms with van der Waals surface area (Å²) in [7, 11) is 0. The van der Waals surface area contributed by atoms with Gasteiger partial charge in [-0.25, -0.2) is 9.18 Å². The number of terminal acetylenes is 1. The van der Waals surface area contributed by atoms with Gasteiger partial charge in [0.2, 0.25) is 0 Å². The largest absolute Gasteiger partial charge is 0.480 e. The van der Waals surface area contributed by atoms with Crippen molar-refractivity contribution in [2.24, 2.45) is 0 Å². The molecule has 0 bridgehead atoms. The highest BCUT2D eigenvalue weighted by Crippen LogP contribution is 2.21. The van der Waals surface area contributed by atoms with Crippen LogP contribution in [0, 0.1) is 18.2 Å². The number of carboxylic acids is 1. The van der Waals surface area contributed by atoms with Crippen molar-refractivity contribution in [1.29, 1.82) is 0 Å². The molecular weight excluding hydrogens is 261 g/mol. The van der Waals surface area contributed by atoms with Gasteiger partial charge in [0.15, 0.2) is 0 Å². The first-order valence-electron chi connectivity index (χ1n) is 6.34. The highest BCUT2D eigenvalue weighted by molar-refractivity contribution is 5.97. The fourth-order valence-corrected chi connectivity index (χ4v) is 2.36. The number of benzene rings is 1. The maximum Gasteiger partial charge on any atom is 0.326 e. The van der Waals surface area contributed by atoms with Crippen molar-refractivity contribution in [3.63, 3.8) is 0 Å². The molecule has 1 saturated heterocycles. The van der Waals surface area contributed by atoms with E-state index >= 15 is 0 Å². The molecule has 0 aliphatic carbocycles. The van der Waals surface area contributed by atoms with E-state index in [0.717, 1.165) is 18.9 Å². The molecule has 1 aromatic carbocycles. The first-order chi connectivity index (χ1) is 9.54. The average molecular weight is 275 g/mol. The van der Waals surface area contributed by atoms with Crippen LogP contribution < -0.4 is 0 Å². The van der Waals surface area contributed by atoms with Crippen LogP contribution in [0.5, 0.6) is 0 Å². The van der Waals surface area contributed by atoms with E-state index in [4.69, 9.17) is 11.5 Å². The fourth-order valence-electron chi connectivity index (χ4n) is 2.36. The van der Waals surface area contributed by atoms with Gasteiger partial charge in [0.05, 0.1) is 5.56 Å². The van der Waals surface area contributed by atoms with Crippen molar-refractivity contribution in [3.05, 3.63) is 35.1 Å². The second kappa shape index (κ2) is 5.74. The molecule has 1 aliphatic rings. The Balaban J connectivity index is 2.30. The lowest BCUT2D eigenvalue weighted by Crippen LogP contribution is -2.48. The summed E-state index contributed by atoms with van der Waals surface area (Å²) in [6, 6.07) is 2.99. The molecule has 20 heavy (non-hydrogen) atoms. The number of rotatable bonds is 2. The Morgan fingerprint density at radius 2 is 2.15 bits per heavy atom. The number of carbonyl (C=O) groups is 2. The maximum absolute atomic E-state index is 13.9. The second-order valence-electron chi connectivity index (χ2n) is 4.69. The SMILES string of the molecule is C#Cc1ccc(C(=O)N2CCCCC2C(=O)O)c(F)c1. The Labute approximate surface area is 116 Å². The van der Waals surface area contributed by atoms with Gasteiger partial charge in [-0.2, -0.15) is 0 Å². The summed E-state index contributed by atoms with van der Waals surface area (Å²) in [6.45, 7) is 0.326. The van der Waals surface area contributed by atoms with Crippen LogP contribution in [-0.2, 0) is 4.79 Å². The summed E-state index contributed by atoms with van der Waals surface area (Å²) in [4.78, 5) is 24.7. The third-order valence-electron chi connectivity index (χ3n) is 3.41. The van der Waals surface area contributed by atoms with Gasteiger partial charge in [-0.05, 0) is 37.5 Å². The molecule has 1 amide bonds. The zero-order valence-corrected chi connectivity index (χ0v) is 10.8. The van der Waals surface area contributed by atoms with Crippen LogP contribution in [0.2, 0.25) is 0 Å². The topological polar surface area (TPSA) is 57.6 Å². The molecule has 2 rings (SSSR count). The monoisotopic (exact) mass is 275 g/mol. The summed E-state index contributed by atoms with van der Waals surface area (Å²) < 4.78 is 13.9. The molecule has 0 spiro atoms. The number of carboxylic acid groups (broad SMARTS) is 1. The van der Waals surface area contributed by atoms with Crippen LogP contribution in [0.25, 0.3) is 0 Å². The van der Waals surface area contributed by atoms with Gasteiger partial charge in [-0.15, -0.1) is 6.42 Å². The van der Waals surface area contributed by atoms with Gasteiger partial charge in [-0.1, -0.05) is 5.92 Å².